The summed E-state index contributed by atoms with van der Waals surface area (Å²) in [4.78, 5) is 25.2. The summed E-state index contributed by atoms with van der Waals surface area (Å²) in [6.07, 6.45) is 1.64. The molecule has 1 aliphatic rings. The number of hydrogen-bond acceptors (Lipinski definition) is 7. The van der Waals surface area contributed by atoms with Gasteiger partial charge in [0.05, 0.1) is 11.9 Å². The third-order valence-corrected chi connectivity index (χ3v) is 4.26. The first-order valence-corrected chi connectivity index (χ1v) is 8.30. The predicted molar refractivity (Wildman–Crippen MR) is 91.1 cm³/mol. The molecule has 1 aliphatic heterocycles. The standard InChI is InChI=1S/C16H17BN4O6/c22-13(5-10-6-18-20-19-10)21-7-11(8-21)27-12-2-1-9(3-4-17-26)15(23)14(12)16(24)25/h1-2,6,11,23H,3-5,7-8H2,(H,24,25)(H,18,19,20). The number of phenols is 1. The molecule has 0 radical (unpaired) electrons. The van der Waals surface area contributed by atoms with Crippen LogP contribution in [0.2, 0.25) is 6.32 Å². The van der Waals surface area contributed by atoms with E-state index in [2.05, 4.69) is 15.4 Å². The molecule has 3 rings (SSSR count). The average Bonchev–Trinajstić information content (AvgIpc) is 3.09. The van der Waals surface area contributed by atoms with E-state index in [4.69, 9.17) is 4.74 Å². The molecule has 1 aromatic heterocycles. The van der Waals surface area contributed by atoms with Gasteiger partial charge < -0.3 is 0 Å². The van der Waals surface area contributed by atoms with E-state index >= 15 is 0 Å². The molecule has 0 atom stereocenters. The van der Waals surface area contributed by atoms with Gasteiger partial charge in [0.25, 0.3) is 0 Å². The van der Waals surface area contributed by atoms with Crippen molar-refractivity contribution in [3.05, 3.63) is 35.2 Å². The van der Waals surface area contributed by atoms with E-state index in [0.29, 0.717) is 31.5 Å². The molecule has 1 aromatic carbocycles. The van der Waals surface area contributed by atoms with Gasteiger partial charge in [-0.25, -0.2) is 0 Å². The minimum absolute atomic E-state index is 0.0310. The second-order valence-corrected chi connectivity index (χ2v) is 6.13. The van der Waals surface area contributed by atoms with Crippen molar-refractivity contribution in [2.75, 3.05) is 13.1 Å². The third-order valence-electron chi connectivity index (χ3n) is 4.26. The van der Waals surface area contributed by atoms with Crippen molar-refractivity contribution in [1.29, 1.82) is 0 Å². The summed E-state index contributed by atoms with van der Waals surface area (Å²) >= 11 is 0. The fraction of sp³-hybridized carbons (Fsp3) is 0.375. The molecule has 140 valence electrons. The monoisotopic (exact) mass is 372 g/mol. The van der Waals surface area contributed by atoms with Crippen LogP contribution in [0.3, 0.4) is 0 Å². The van der Waals surface area contributed by atoms with Crippen LogP contribution in [-0.2, 0) is 22.3 Å². The number of carbonyl (C=O) groups is 2. The number of aromatic carboxylic acids is 1. The molecular formula is C16H17BN4O6. The Morgan fingerprint density at radius 3 is 2.78 bits per heavy atom. The van der Waals surface area contributed by atoms with Crippen LogP contribution in [0.25, 0.3) is 0 Å². The summed E-state index contributed by atoms with van der Waals surface area (Å²) in [5, 5.41) is 29.5. The van der Waals surface area contributed by atoms with Crippen molar-refractivity contribution in [2.24, 2.45) is 0 Å². The van der Waals surface area contributed by atoms with E-state index in [1.54, 1.807) is 4.90 Å². The number of ether oxygens (including phenoxy) is 1. The molecule has 2 heterocycles. The third kappa shape index (κ3) is 4.13. The Kier molecular flexibility index (Phi) is 5.48. The SMILES string of the molecule is O=BCCc1ccc(OC2CN(C(=O)Cc3cn[nH]n3)C2)c(C(=O)O)c1O. The van der Waals surface area contributed by atoms with Crippen molar-refractivity contribution >= 4 is 19.0 Å². The van der Waals surface area contributed by atoms with Crippen LogP contribution in [0, 0.1) is 0 Å². The van der Waals surface area contributed by atoms with Gasteiger partial charge in [-0.05, 0) is 0 Å². The van der Waals surface area contributed by atoms with E-state index in [1.165, 1.54) is 18.3 Å². The second-order valence-electron chi connectivity index (χ2n) is 6.13. The van der Waals surface area contributed by atoms with Crippen molar-refractivity contribution in [3.8, 4) is 11.5 Å². The van der Waals surface area contributed by atoms with E-state index in [0.717, 1.165) is 0 Å². The number of amides is 1. The maximum atomic E-state index is 12.1. The fourth-order valence-corrected chi connectivity index (χ4v) is 2.81. The van der Waals surface area contributed by atoms with Crippen molar-refractivity contribution in [1.82, 2.24) is 20.3 Å². The molecule has 2 aromatic rings. The molecule has 0 unspecified atom stereocenters. The van der Waals surface area contributed by atoms with Gasteiger partial charge in [-0.15, -0.1) is 0 Å². The zero-order valence-electron chi connectivity index (χ0n) is 14.3. The van der Waals surface area contributed by atoms with Gasteiger partial charge in [0.1, 0.15) is 0 Å². The van der Waals surface area contributed by atoms with Crippen LogP contribution in [-0.4, -0.2) is 68.7 Å². The zero-order valence-corrected chi connectivity index (χ0v) is 14.3. The number of hydrogen-bond donors (Lipinski definition) is 3. The molecule has 0 bridgehead atoms. The molecule has 11 heteroatoms. The Morgan fingerprint density at radius 1 is 1.37 bits per heavy atom. The van der Waals surface area contributed by atoms with Gasteiger partial charge in [-0.1, -0.05) is 0 Å². The number of aryl methyl sites for hydroxylation is 1. The number of carbonyl (C=O) groups excluding carboxylic acids is 1. The van der Waals surface area contributed by atoms with E-state index < -0.39 is 11.7 Å². The molecule has 1 saturated heterocycles. The van der Waals surface area contributed by atoms with Crippen molar-refractivity contribution in [3.63, 3.8) is 0 Å². The summed E-state index contributed by atoms with van der Waals surface area (Å²) in [6, 6.07) is 3.00. The van der Waals surface area contributed by atoms with Crippen LogP contribution in [0.15, 0.2) is 18.3 Å². The molecule has 3 N–H and O–H groups in total. The van der Waals surface area contributed by atoms with E-state index in [1.807, 2.05) is 0 Å². The summed E-state index contributed by atoms with van der Waals surface area (Å²) in [5.41, 5.74) is 0.559. The number of benzene rings is 1. The second kappa shape index (κ2) is 7.98. The maximum absolute atomic E-state index is 12.1. The van der Waals surface area contributed by atoms with Crippen molar-refractivity contribution < 1.29 is 29.2 Å². The Balaban J connectivity index is 1.63. The molecule has 10 nitrogen and oxygen atoms in total. The Bertz CT molecular complexity index is 851. The number of aromatic amines is 1. The Labute approximate surface area is 154 Å². The Morgan fingerprint density at radius 2 is 2.15 bits per heavy atom. The molecule has 1 amide bonds. The van der Waals surface area contributed by atoms with Gasteiger partial charge in [-0.3, -0.25) is 0 Å². The minimum atomic E-state index is -1.33. The van der Waals surface area contributed by atoms with Crippen molar-refractivity contribution in [2.45, 2.75) is 25.3 Å². The van der Waals surface area contributed by atoms with Gasteiger partial charge in [0.15, 0.2) is 0 Å². The van der Waals surface area contributed by atoms with Gasteiger partial charge in [0.2, 0.25) is 0 Å². The summed E-state index contributed by atoms with van der Waals surface area (Å²) in [7, 11) is 0.698. The number of H-pyrrole nitrogens is 1. The predicted octanol–water partition coefficient (Wildman–Crippen LogP) is 0.0513. The van der Waals surface area contributed by atoms with Crippen LogP contribution in [0.4, 0.5) is 0 Å². The van der Waals surface area contributed by atoms with Gasteiger partial charge >= 0.3 is 126 Å². The Hall–Kier alpha value is -3.24. The summed E-state index contributed by atoms with van der Waals surface area (Å²) < 4.78 is 16.1. The molecule has 0 spiro atoms. The number of aromatic nitrogens is 3. The zero-order chi connectivity index (χ0) is 19.4. The van der Waals surface area contributed by atoms with Crippen LogP contribution in [0.1, 0.15) is 21.6 Å². The number of carboxylic acids is 1. The molecule has 0 aliphatic carbocycles. The quantitative estimate of drug-likeness (QED) is 0.551. The van der Waals surface area contributed by atoms with Crippen LogP contribution < -0.4 is 4.74 Å². The van der Waals surface area contributed by atoms with E-state index in [9.17, 15) is 24.5 Å². The number of rotatable bonds is 8. The molecule has 0 saturated carbocycles. The van der Waals surface area contributed by atoms with Gasteiger partial charge in [0, 0.05) is 0 Å². The number of carboxylic acid groups (broad SMARTS) is 1. The van der Waals surface area contributed by atoms with Gasteiger partial charge in [-0.2, -0.15) is 15.4 Å². The number of nitrogens with zero attached hydrogens (tertiary/aromatic N) is 3. The molecule has 1 fully saturated rings. The molecular weight excluding hydrogens is 355 g/mol. The normalized spacial score (nSPS) is 13.7. The van der Waals surface area contributed by atoms with Crippen LogP contribution >= 0.6 is 0 Å². The summed E-state index contributed by atoms with van der Waals surface area (Å²) in [5.74, 6) is -1.83. The number of nitrogens with one attached hydrogen (secondary N) is 1. The molecule has 27 heavy (non-hydrogen) atoms. The number of likely N-dealkylation sites (tertiary alicyclic amines) is 1. The first-order chi connectivity index (χ1) is 13.0. The number of aromatic hydroxyl groups is 1. The average molecular weight is 372 g/mol. The first kappa shape index (κ1) is 18.6. The first-order valence-electron chi connectivity index (χ1n) is 8.30. The summed E-state index contributed by atoms with van der Waals surface area (Å²) in [6.45, 7) is 0.618. The fourth-order valence-electron chi connectivity index (χ4n) is 2.81. The van der Waals surface area contributed by atoms with Crippen LogP contribution in [0.5, 0.6) is 11.5 Å². The van der Waals surface area contributed by atoms with E-state index in [-0.39, 0.29) is 42.5 Å². The topological polar surface area (TPSA) is 146 Å².